The van der Waals surface area contributed by atoms with Crippen LogP contribution in [0.1, 0.15) is 51.0 Å². The van der Waals surface area contributed by atoms with Gasteiger partial charge in [0.05, 0.1) is 19.8 Å². The van der Waals surface area contributed by atoms with E-state index >= 15 is 0 Å². The number of ether oxygens (including phenoxy) is 1. The molecule has 0 atom stereocenters. The highest BCUT2D eigenvalue weighted by Gasteiger charge is 2.21. The molecule has 3 rings (SSSR count). The molecule has 1 aromatic carbocycles. The van der Waals surface area contributed by atoms with Crippen LogP contribution in [0.2, 0.25) is 0 Å². The van der Waals surface area contributed by atoms with E-state index in [9.17, 15) is 4.79 Å². The van der Waals surface area contributed by atoms with Crippen molar-refractivity contribution in [2.24, 2.45) is 10.9 Å². The molecule has 1 amide bonds. The summed E-state index contributed by atoms with van der Waals surface area (Å²) < 4.78 is 5.40. The van der Waals surface area contributed by atoms with Crippen molar-refractivity contribution in [3.8, 4) is 0 Å². The summed E-state index contributed by atoms with van der Waals surface area (Å²) in [6.07, 6.45) is 6.69. The van der Waals surface area contributed by atoms with Gasteiger partial charge < -0.3 is 20.7 Å². The minimum Gasteiger partial charge on any atom is -0.379 e. The van der Waals surface area contributed by atoms with Crippen molar-refractivity contribution in [1.29, 1.82) is 0 Å². The Balaban J connectivity index is 0.00000363. The number of amides is 1. The number of halogens is 1. The van der Waals surface area contributed by atoms with Gasteiger partial charge >= 0.3 is 0 Å². The first-order valence-electron chi connectivity index (χ1n) is 12.0. The van der Waals surface area contributed by atoms with E-state index in [1.807, 2.05) is 18.2 Å². The van der Waals surface area contributed by atoms with Gasteiger partial charge in [-0.15, -0.1) is 24.0 Å². The van der Waals surface area contributed by atoms with Gasteiger partial charge in [0.25, 0.3) is 0 Å². The first-order chi connectivity index (χ1) is 15.2. The summed E-state index contributed by atoms with van der Waals surface area (Å²) in [5.41, 5.74) is 1.96. The molecule has 0 radical (unpaired) electrons. The van der Waals surface area contributed by atoms with Crippen LogP contribution < -0.4 is 16.0 Å². The van der Waals surface area contributed by atoms with Gasteiger partial charge in [-0.2, -0.15) is 0 Å². The highest BCUT2D eigenvalue weighted by atomic mass is 127. The van der Waals surface area contributed by atoms with E-state index in [0.717, 1.165) is 82.4 Å². The predicted octanol–water partition coefficient (Wildman–Crippen LogP) is 3.60. The molecule has 2 aliphatic rings. The molecule has 1 aromatic rings. The summed E-state index contributed by atoms with van der Waals surface area (Å²) in [5.74, 6) is 1.16. The Morgan fingerprint density at radius 2 is 1.94 bits per heavy atom. The quantitative estimate of drug-likeness (QED) is 0.187. The highest BCUT2D eigenvalue weighted by Crippen LogP contribution is 2.25. The van der Waals surface area contributed by atoms with Crippen molar-refractivity contribution >= 4 is 41.5 Å². The molecule has 3 N–H and O–H groups in total. The van der Waals surface area contributed by atoms with Gasteiger partial charge in [0.15, 0.2) is 5.96 Å². The molecular formula is C24H40IN5O2. The zero-order valence-corrected chi connectivity index (χ0v) is 21.7. The van der Waals surface area contributed by atoms with E-state index in [-0.39, 0.29) is 35.8 Å². The molecule has 0 unspecified atom stereocenters. The summed E-state index contributed by atoms with van der Waals surface area (Å²) in [5, 5.41) is 9.85. The van der Waals surface area contributed by atoms with Crippen molar-refractivity contribution in [3.63, 3.8) is 0 Å². The highest BCUT2D eigenvalue weighted by molar-refractivity contribution is 14.0. The van der Waals surface area contributed by atoms with E-state index in [4.69, 9.17) is 9.73 Å². The Hall–Kier alpha value is -1.39. The number of anilines is 1. The average Bonchev–Trinajstić information content (AvgIpc) is 2.81. The van der Waals surface area contributed by atoms with Gasteiger partial charge in [0, 0.05) is 37.8 Å². The van der Waals surface area contributed by atoms with Crippen LogP contribution in [0.4, 0.5) is 5.69 Å². The lowest BCUT2D eigenvalue weighted by Crippen LogP contribution is -2.40. The normalized spacial score (nSPS) is 18.0. The van der Waals surface area contributed by atoms with Crippen molar-refractivity contribution in [1.82, 2.24) is 15.5 Å². The SMILES string of the molecule is CCNC(=NCc1cccc(NC(=O)C2CCCCC2)c1)NCCCN1CCOCC1.I. The lowest BCUT2D eigenvalue weighted by atomic mass is 9.88. The largest absolute Gasteiger partial charge is 0.379 e. The minimum absolute atomic E-state index is 0. The van der Waals surface area contributed by atoms with Gasteiger partial charge in [-0.05, 0) is 50.4 Å². The van der Waals surface area contributed by atoms with Crippen LogP contribution in [0.5, 0.6) is 0 Å². The zero-order valence-electron chi connectivity index (χ0n) is 19.4. The van der Waals surface area contributed by atoms with Crippen LogP contribution in [0.15, 0.2) is 29.3 Å². The van der Waals surface area contributed by atoms with E-state index < -0.39 is 0 Å². The predicted molar refractivity (Wildman–Crippen MR) is 142 cm³/mol. The number of nitrogens with zero attached hydrogens (tertiary/aromatic N) is 2. The summed E-state index contributed by atoms with van der Waals surface area (Å²) in [7, 11) is 0. The van der Waals surface area contributed by atoms with E-state index in [0.29, 0.717) is 6.54 Å². The van der Waals surface area contributed by atoms with E-state index in [2.05, 4.69) is 33.8 Å². The number of morpholine rings is 1. The van der Waals surface area contributed by atoms with Gasteiger partial charge in [-0.25, -0.2) is 4.99 Å². The van der Waals surface area contributed by atoms with Crippen LogP contribution in [-0.2, 0) is 16.1 Å². The second kappa shape index (κ2) is 15.4. The first-order valence-corrected chi connectivity index (χ1v) is 12.0. The fraction of sp³-hybridized carbons (Fsp3) is 0.667. The molecular weight excluding hydrogens is 517 g/mol. The van der Waals surface area contributed by atoms with Crippen LogP contribution in [-0.4, -0.2) is 62.7 Å². The number of carbonyl (C=O) groups is 1. The number of hydrogen-bond acceptors (Lipinski definition) is 4. The van der Waals surface area contributed by atoms with E-state index in [1.165, 1.54) is 19.3 Å². The maximum atomic E-state index is 12.5. The molecule has 1 heterocycles. The van der Waals surface area contributed by atoms with Gasteiger partial charge in [-0.1, -0.05) is 31.4 Å². The van der Waals surface area contributed by atoms with Gasteiger partial charge in [0.2, 0.25) is 5.91 Å². The lowest BCUT2D eigenvalue weighted by Gasteiger charge is -2.26. The molecule has 7 nitrogen and oxygen atoms in total. The molecule has 180 valence electrons. The van der Waals surface area contributed by atoms with Crippen LogP contribution >= 0.6 is 24.0 Å². The maximum absolute atomic E-state index is 12.5. The fourth-order valence-corrected chi connectivity index (χ4v) is 4.20. The number of guanidine groups is 1. The third-order valence-electron chi connectivity index (χ3n) is 5.98. The van der Waals surface area contributed by atoms with Crippen LogP contribution in [0.3, 0.4) is 0 Å². The standard InChI is InChI=1S/C24H39N5O2.HI/c1-2-25-24(26-12-7-13-29-14-16-31-17-15-29)27-19-20-8-6-11-22(18-20)28-23(30)21-9-4-3-5-10-21;/h6,8,11,18,21H,2-5,7,9-10,12-17,19H2,1H3,(H,28,30)(H2,25,26,27);1H. The third kappa shape index (κ3) is 9.62. The molecule has 2 fully saturated rings. The van der Waals surface area contributed by atoms with Crippen molar-refractivity contribution in [3.05, 3.63) is 29.8 Å². The monoisotopic (exact) mass is 557 g/mol. The second-order valence-corrected chi connectivity index (χ2v) is 8.45. The summed E-state index contributed by atoms with van der Waals surface area (Å²) in [6, 6.07) is 8.04. The first kappa shape index (κ1) is 26.9. The number of rotatable bonds is 9. The summed E-state index contributed by atoms with van der Waals surface area (Å²) >= 11 is 0. The summed E-state index contributed by atoms with van der Waals surface area (Å²) in [4.78, 5) is 19.7. The summed E-state index contributed by atoms with van der Waals surface area (Å²) in [6.45, 7) is 9.20. The Kier molecular flexibility index (Phi) is 13.0. The molecule has 32 heavy (non-hydrogen) atoms. The number of aliphatic imine (C=N–C) groups is 1. The lowest BCUT2D eigenvalue weighted by molar-refractivity contribution is -0.120. The molecule has 0 bridgehead atoms. The van der Waals surface area contributed by atoms with Crippen molar-refractivity contribution in [2.45, 2.75) is 52.0 Å². The molecule has 1 aliphatic carbocycles. The fourth-order valence-electron chi connectivity index (χ4n) is 4.20. The molecule has 1 aliphatic heterocycles. The third-order valence-corrected chi connectivity index (χ3v) is 5.98. The number of benzene rings is 1. The molecule has 8 heteroatoms. The number of nitrogens with one attached hydrogen (secondary N) is 3. The zero-order chi connectivity index (χ0) is 21.7. The van der Waals surface area contributed by atoms with Gasteiger partial charge in [0.1, 0.15) is 0 Å². The van der Waals surface area contributed by atoms with E-state index in [1.54, 1.807) is 0 Å². The van der Waals surface area contributed by atoms with Crippen LogP contribution in [0, 0.1) is 5.92 Å². The smallest absolute Gasteiger partial charge is 0.227 e. The average molecular weight is 558 g/mol. The van der Waals surface area contributed by atoms with Crippen molar-refractivity contribution in [2.75, 3.05) is 51.3 Å². The molecule has 1 saturated heterocycles. The molecule has 0 aromatic heterocycles. The van der Waals surface area contributed by atoms with Crippen LogP contribution in [0.25, 0.3) is 0 Å². The topological polar surface area (TPSA) is 78.0 Å². The number of carbonyl (C=O) groups excluding carboxylic acids is 1. The molecule has 1 saturated carbocycles. The Bertz CT molecular complexity index is 703. The maximum Gasteiger partial charge on any atom is 0.227 e. The molecule has 0 spiro atoms. The minimum atomic E-state index is 0. The second-order valence-electron chi connectivity index (χ2n) is 8.45. The van der Waals surface area contributed by atoms with Crippen molar-refractivity contribution < 1.29 is 9.53 Å². The Morgan fingerprint density at radius 1 is 1.16 bits per heavy atom. The Morgan fingerprint density at radius 3 is 2.69 bits per heavy atom. The number of hydrogen-bond donors (Lipinski definition) is 3. The Labute approximate surface area is 210 Å². The van der Waals surface area contributed by atoms with Gasteiger partial charge in [-0.3, -0.25) is 9.69 Å².